The van der Waals surface area contributed by atoms with Gasteiger partial charge in [-0.25, -0.2) is 18.2 Å². The highest BCUT2D eigenvalue weighted by Crippen LogP contribution is 2.51. The smallest absolute Gasteiger partial charge is 0.226 e. The van der Waals surface area contributed by atoms with E-state index in [1.54, 1.807) is 23.2 Å². The summed E-state index contributed by atoms with van der Waals surface area (Å²) in [5, 5.41) is 0. The van der Waals surface area contributed by atoms with E-state index >= 15 is 0 Å². The van der Waals surface area contributed by atoms with Gasteiger partial charge in [-0.2, -0.15) is 0 Å². The number of halogens is 3. The summed E-state index contributed by atoms with van der Waals surface area (Å²) >= 11 is 0. The van der Waals surface area contributed by atoms with E-state index in [0.29, 0.717) is 30.0 Å². The molecule has 7 heteroatoms. The number of H-pyrrole nitrogens is 1. The van der Waals surface area contributed by atoms with Crippen molar-refractivity contribution in [3.63, 3.8) is 0 Å². The van der Waals surface area contributed by atoms with Gasteiger partial charge in [-0.3, -0.25) is 4.79 Å². The van der Waals surface area contributed by atoms with Crippen LogP contribution in [0.4, 0.5) is 13.2 Å². The minimum Gasteiger partial charge on any atom is -0.340 e. The number of aromatic amines is 1. The lowest BCUT2D eigenvalue weighted by molar-refractivity contribution is -0.136. The molecule has 2 aliphatic rings. The lowest BCUT2D eigenvalue weighted by atomic mass is 10.00. The number of likely N-dealkylation sites (tertiary alicyclic amines) is 1. The molecule has 3 aromatic rings. The van der Waals surface area contributed by atoms with E-state index in [-0.39, 0.29) is 23.3 Å². The second-order valence-corrected chi connectivity index (χ2v) is 8.32. The second-order valence-electron chi connectivity index (χ2n) is 8.32. The number of carbonyl (C=O) groups is 1. The van der Waals surface area contributed by atoms with Crippen molar-refractivity contribution in [1.82, 2.24) is 14.9 Å². The summed E-state index contributed by atoms with van der Waals surface area (Å²) in [6.07, 6.45) is 4.70. The molecule has 0 radical (unpaired) electrons. The molecular formula is C24H22F3N3O. The van der Waals surface area contributed by atoms with Gasteiger partial charge in [-0.1, -0.05) is 18.2 Å². The number of aromatic nitrogens is 2. The molecule has 1 aliphatic carbocycles. The summed E-state index contributed by atoms with van der Waals surface area (Å²) in [5.41, 5.74) is 1.38. The minimum absolute atomic E-state index is 0.0146. The zero-order valence-corrected chi connectivity index (χ0v) is 16.8. The third-order valence-corrected chi connectivity index (χ3v) is 6.31. The Balaban J connectivity index is 1.37. The van der Waals surface area contributed by atoms with Gasteiger partial charge in [0.2, 0.25) is 5.91 Å². The third-order valence-electron chi connectivity index (χ3n) is 6.31. The van der Waals surface area contributed by atoms with E-state index in [2.05, 4.69) is 9.97 Å². The van der Waals surface area contributed by atoms with E-state index in [4.69, 9.17) is 0 Å². The van der Waals surface area contributed by atoms with E-state index in [1.807, 2.05) is 0 Å². The molecule has 1 aromatic heterocycles. The number of amides is 1. The van der Waals surface area contributed by atoms with E-state index < -0.39 is 23.5 Å². The molecule has 160 valence electrons. The highest BCUT2D eigenvalue weighted by molar-refractivity contribution is 5.83. The first kappa shape index (κ1) is 19.8. The average molecular weight is 425 g/mol. The lowest BCUT2D eigenvalue weighted by Gasteiger charge is -2.35. The largest absolute Gasteiger partial charge is 0.340 e. The first-order valence-corrected chi connectivity index (χ1v) is 10.6. The molecule has 4 nitrogen and oxygen atoms in total. The van der Waals surface area contributed by atoms with Crippen LogP contribution in [0.25, 0.3) is 11.3 Å². The van der Waals surface area contributed by atoms with Gasteiger partial charge in [0.05, 0.1) is 17.9 Å². The molecule has 5 rings (SSSR count). The lowest BCUT2D eigenvalue weighted by Crippen LogP contribution is -2.40. The quantitative estimate of drug-likeness (QED) is 0.613. The highest BCUT2D eigenvalue weighted by atomic mass is 19.1. The molecule has 31 heavy (non-hydrogen) atoms. The Hall–Kier alpha value is -3.09. The fraction of sp³-hybridized carbons (Fsp3) is 0.333. The fourth-order valence-electron chi connectivity index (χ4n) is 4.65. The zero-order valence-electron chi connectivity index (χ0n) is 16.8. The van der Waals surface area contributed by atoms with Crippen LogP contribution in [0.5, 0.6) is 0 Å². The van der Waals surface area contributed by atoms with Crippen LogP contribution < -0.4 is 0 Å². The van der Waals surface area contributed by atoms with Crippen molar-refractivity contribution in [3.8, 4) is 11.3 Å². The van der Waals surface area contributed by atoms with Gasteiger partial charge >= 0.3 is 0 Å². The van der Waals surface area contributed by atoms with Crippen LogP contribution in [-0.2, 0) is 4.79 Å². The molecule has 2 aromatic carbocycles. The number of rotatable bonds is 4. The first-order valence-electron chi connectivity index (χ1n) is 10.6. The third kappa shape index (κ3) is 3.73. The Morgan fingerprint density at radius 3 is 2.61 bits per heavy atom. The number of nitrogens with one attached hydrogen (secondary N) is 1. The Kier molecular flexibility index (Phi) is 5.04. The standard InChI is InChI=1S/C24H22F3N3O/c25-15-6-3-5-14(11-15)20-13-28-23(29-20)21-9-1-2-10-30(21)24(31)17-12-16(17)22-18(26)7-4-8-19(22)27/h3-8,11,13,16-17,21H,1-2,9-10,12H2,(H,28,29). The summed E-state index contributed by atoms with van der Waals surface area (Å²) < 4.78 is 41.9. The maximum atomic E-state index is 14.1. The topological polar surface area (TPSA) is 49.0 Å². The SMILES string of the molecule is O=C(C1CC1c1c(F)cccc1F)N1CCCCC1c1ncc(-c2cccc(F)c2)[nH]1. The second kappa shape index (κ2) is 7.87. The number of carbonyl (C=O) groups excluding carboxylic acids is 1. The molecule has 1 saturated carbocycles. The fourth-order valence-corrected chi connectivity index (χ4v) is 4.65. The monoisotopic (exact) mass is 425 g/mol. The molecule has 3 atom stereocenters. The summed E-state index contributed by atoms with van der Waals surface area (Å²) in [6.45, 7) is 0.586. The van der Waals surface area contributed by atoms with Crippen molar-refractivity contribution in [2.75, 3.05) is 6.54 Å². The normalized spacial score (nSPS) is 23.1. The molecule has 3 unspecified atom stereocenters. The Morgan fingerprint density at radius 1 is 1.06 bits per heavy atom. The molecule has 1 saturated heterocycles. The molecule has 2 heterocycles. The van der Waals surface area contributed by atoms with Gasteiger partial charge in [-0.05, 0) is 49.9 Å². The molecule has 1 amide bonds. The minimum atomic E-state index is -0.596. The van der Waals surface area contributed by atoms with Crippen LogP contribution in [-0.4, -0.2) is 27.3 Å². The van der Waals surface area contributed by atoms with Gasteiger partial charge in [0.1, 0.15) is 23.3 Å². The Labute approximate surface area is 178 Å². The van der Waals surface area contributed by atoms with Gasteiger partial charge in [0, 0.05) is 29.5 Å². The molecule has 0 spiro atoms. The summed E-state index contributed by atoms with van der Waals surface area (Å²) in [6, 6.07) is 9.82. The van der Waals surface area contributed by atoms with Gasteiger partial charge < -0.3 is 9.88 Å². The van der Waals surface area contributed by atoms with Gasteiger partial charge in [0.15, 0.2) is 0 Å². The maximum Gasteiger partial charge on any atom is 0.226 e. The summed E-state index contributed by atoms with van der Waals surface area (Å²) in [5.74, 6) is -1.78. The van der Waals surface area contributed by atoms with Crippen LogP contribution in [0.15, 0.2) is 48.7 Å². The van der Waals surface area contributed by atoms with Crippen LogP contribution in [0.1, 0.15) is 49.0 Å². The number of nitrogens with zero attached hydrogens (tertiary/aromatic N) is 2. The van der Waals surface area contributed by atoms with Crippen molar-refractivity contribution < 1.29 is 18.0 Å². The summed E-state index contributed by atoms with van der Waals surface area (Å²) in [7, 11) is 0. The predicted octanol–water partition coefficient (Wildman–Crippen LogP) is 5.35. The van der Waals surface area contributed by atoms with Crippen molar-refractivity contribution >= 4 is 5.91 Å². The Morgan fingerprint density at radius 2 is 1.84 bits per heavy atom. The van der Waals surface area contributed by atoms with Crippen LogP contribution >= 0.6 is 0 Å². The van der Waals surface area contributed by atoms with Crippen molar-refractivity contribution in [3.05, 3.63) is 77.5 Å². The number of hydrogen-bond acceptors (Lipinski definition) is 2. The number of hydrogen-bond donors (Lipinski definition) is 1. The number of imidazole rings is 1. The van der Waals surface area contributed by atoms with Crippen molar-refractivity contribution in [2.45, 2.75) is 37.6 Å². The number of benzene rings is 2. The molecule has 2 fully saturated rings. The Bertz CT molecular complexity index is 1110. The zero-order chi connectivity index (χ0) is 21.5. The van der Waals surface area contributed by atoms with Crippen molar-refractivity contribution in [1.29, 1.82) is 0 Å². The van der Waals surface area contributed by atoms with Crippen LogP contribution in [0.2, 0.25) is 0 Å². The highest BCUT2D eigenvalue weighted by Gasteiger charge is 2.49. The average Bonchev–Trinajstić information content (AvgIpc) is 3.38. The van der Waals surface area contributed by atoms with E-state index in [0.717, 1.165) is 19.3 Å². The van der Waals surface area contributed by atoms with Gasteiger partial charge in [-0.15, -0.1) is 0 Å². The van der Waals surface area contributed by atoms with Crippen LogP contribution in [0.3, 0.4) is 0 Å². The molecule has 1 N–H and O–H groups in total. The molecular weight excluding hydrogens is 403 g/mol. The maximum absolute atomic E-state index is 14.1. The van der Waals surface area contributed by atoms with Crippen LogP contribution in [0, 0.1) is 23.4 Å². The molecule has 1 aliphatic heterocycles. The van der Waals surface area contributed by atoms with Crippen molar-refractivity contribution in [2.24, 2.45) is 5.92 Å². The molecule has 0 bridgehead atoms. The summed E-state index contributed by atoms with van der Waals surface area (Å²) in [4.78, 5) is 22.8. The van der Waals surface area contributed by atoms with E-state index in [9.17, 15) is 18.0 Å². The number of piperidine rings is 1. The predicted molar refractivity (Wildman–Crippen MR) is 109 cm³/mol. The van der Waals surface area contributed by atoms with E-state index in [1.165, 1.54) is 30.3 Å². The van der Waals surface area contributed by atoms with Gasteiger partial charge in [0.25, 0.3) is 0 Å². The first-order chi connectivity index (χ1) is 15.0.